The summed E-state index contributed by atoms with van der Waals surface area (Å²) in [5.74, 6) is -1.05. The van der Waals surface area contributed by atoms with Crippen LogP contribution in [0.2, 0.25) is 0 Å². The Bertz CT molecular complexity index is 837. The summed E-state index contributed by atoms with van der Waals surface area (Å²) in [5, 5.41) is 12.8. The number of carboxylic acid groups (broad SMARTS) is 1. The van der Waals surface area contributed by atoms with E-state index >= 15 is 0 Å². The number of carboxylic acids is 1. The van der Waals surface area contributed by atoms with Crippen molar-refractivity contribution in [2.24, 2.45) is 22.5 Å². The Hall–Kier alpha value is -1.89. The molecule has 30 heavy (non-hydrogen) atoms. The van der Waals surface area contributed by atoms with E-state index < -0.39 is 17.3 Å². The van der Waals surface area contributed by atoms with Gasteiger partial charge in [0.2, 0.25) is 5.91 Å². The number of anilines is 1. The van der Waals surface area contributed by atoms with Crippen LogP contribution in [0.1, 0.15) is 92.9 Å². The van der Waals surface area contributed by atoms with Crippen LogP contribution < -0.4 is 11.1 Å². The monoisotopic (exact) mass is 434 g/mol. The van der Waals surface area contributed by atoms with E-state index in [9.17, 15) is 19.5 Å². The fourth-order valence-corrected chi connectivity index (χ4v) is 6.61. The largest absolute Gasteiger partial charge is 0.481 e. The zero-order valence-electron chi connectivity index (χ0n) is 18.3. The van der Waals surface area contributed by atoms with Crippen LogP contribution in [0, 0.1) is 16.7 Å². The summed E-state index contributed by atoms with van der Waals surface area (Å²) in [5.41, 5.74) is 6.90. The number of aliphatic carboxylic acids is 1. The van der Waals surface area contributed by atoms with Crippen molar-refractivity contribution in [3.8, 4) is 0 Å². The van der Waals surface area contributed by atoms with Gasteiger partial charge in [0, 0.05) is 11.3 Å². The smallest absolute Gasteiger partial charge is 0.303 e. The van der Waals surface area contributed by atoms with Gasteiger partial charge in [-0.3, -0.25) is 14.4 Å². The maximum absolute atomic E-state index is 12.9. The Labute approximate surface area is 182 Å². The maximum atomic E-state index is 12.9. The highest BCUT2D eigenvalue weighted by Gasteiger charge is 2.39. The van der Waals surface area contributed by atoms with Gasteiger partial charge in [0.1, 0.15) is 5.00 Å². The van der Waals surface area contributed by atoms with Crippen molar-refractivity contribution in [1.82, 2.24) is 0 Å². The number of amides is 2. The number of carbonyl (C=O) groups excluding carboxylic acids is 2. The van der Waals surface area contributed by atoms with Gasteiger partial charge in [-0.2, -0.15) is 0 Å². The molecule has 2 aliphatic carbocycles. The van der Waals surface area contributed by atoms with Gasteiger partial charge in [0.15, 0.2) is 0 Å². The summed E-state index contributed by atoms with van der Waals surface area (Å²) in [7, 11) is 0. The Balaban J connectivity index is 1.80. The van der Waals surface area contributed by atoms with Gasteiger partial charge < -0.3 is 16.2 Å². The molecule has 1 aromatic heterocycles. The van der Waals surface area contributed by atoms with Crippen molar-refractivity contribution >= 4 is 34.1 Å². The zero-order chi connectivity index (χ0) is 22.1. The van der Waals surface area contributed by atoms with E-state index in [0.717, 1.165) is 61.8 Å². The number of hydrogen-bond donors (Lipinski definition) is 3. The number of rotatable bonds is 8. The van der Waals surface area contributed by atoms with Crippen molar-refractivity contribution < 1.29 is 19.5 Å². The molecule has 1 aromatic rings. The van der Waals surface area contributed by atoms with Crippen LogP contribution in [0.3, 0.4) is 0 Å². The average Bonchev–Trinajstić information content (AvgIpc) is 3.24. The quantitative estimate of drug-likeness (QED) is 0.548. The number of nitrogens with two attached hydrogens (primary N) is 1. The van der Waals surface area contributed by atoms with Gasteiger partial charge in [0.25, 0.3) is 5.91 Å². The van der Waals surface area contributed by atoms with Gasteiger partial charge in [-0.1, -0.05) is 40.0 Å². The number of carbonyl (C=O) groups is 3. The minimum absolute atomic E-state index is 0.0117. The summed E-state index contributed by atoms with van der Waals surface area (Å²) in [6.45, 7) is 6.79. The van der Waals surface area contributed by atoms with Gasteiger partial charge >= 0.3 is 5.97 Å². The molecule has 1 atom stereocenters. The third-order valence-corrected chi connectivity index (χ3v) is 8.68. The SMILES string of the molecule is CCC(C)(C)[C@@H]1CCc2c(sc(NC(=O)CC3(CC(=O)O)CCCC3)c2C(N)=O)C1. The normalized spacial score (nSPS) is 20.6. The van der Waals surface area contributed by atoms with Crippen molar-refractivity contribution in [2.45, 2.75) is 85.0 Å². The van der Waals surface area contributed by atoms with E-state index in [1.807, 2.05) is 0 Å². The molecule has 0 saturated heterocycles. The lowest BCUT2D eigenvalue weighted by Gasteiger charge is -2.36. The highest BCUT2D eigenvalue weighted by atomic mass is 32.1. The predicted molar refractivity (Wildman–Crippen MR) is 119 cm³/mol. The number of primary amides is 1. The minimum atomic E-state index is -0.862. The van der Waals surface area contributed by atoms with Crippen LogP contribution in [0.4, 0.5) is 5.00 Å². The third kappa shape index (κ3) is 4.71. The number of fused-ring (bicyclic) bond motifs is 1. The number of hydrogen-bond acceptors (Lipinski definition) is 4. The minimum Gasteiger partial charge on any atom is -0.481 e. The summed E-state index contributed by atoms with van der Waals surface area (Å²) in [4.78, 5) is 37.6. The molecule has 0 bridgehead atoms. The maximum Gasteiger partial charge on any atom is 0.303 e. The molecule has 2 aliphatic rings. The van der Waals surface area contributed by atoms with Crippen LogP contribution in [0.5, 0.6) is 0 Å². The highest BCUT2D eigenvalue weighted by molar-refractivity contribution is 7.17. The Kier molecular flexibility index (Phi) is 6.60. The molecule has 0 aromatic carbocycles. The average molecular weight is 435 g/mol. The molecule has 1 heterocycles. The van der Waals surface area contributed by atoms with Crippen LogP contribution in [0.15, 0.2) is 0 Å². The second-order valence-electron chi connectivity index (χ2n) is 9.86. The highest BCUT2D eigenvalue weighted by Crippen LogP contribution is 2.47. The number of thiophene rings is 1. The van der Waals surface area contributed by atoms with Crippen LogP contribution in [-0.2, 0) is 22.4 Å². The molecule has 1 saturated carbocycles. The van der Waals surface area contributed by atoms with Crippen molar-refractivity contribution in [3.05, 3.63) is 16.0 Å². The molecule has 4 N–H and O–H groups in total. The van der Waals surface area contributed by atoms with Gasteiger partial charge in [0.05, 0.1) is 12.0 Å². The lowest BCUT2D eigenvalue weighted by Crippen LogP contribution is -2.29. The molecule has 166 valence electrons. The second-order valence-corrected chi connectivity index (χ2v) is 11.0. The first-order valence-electron chi connectivity index (χ1n) is 11.0. The Morgan fingerprint density at radius 3 is 2.47 bits per heavy atom. The van der Waals surface area contributed by atoms with E-state index in [1.165, 1.54) is 11.3 Å². The molecule has 0 unspecified atom stereocenters. The summed E-state index contributed by atoms with van der Waals surface area (Å²) >= 11 is 1.47. The lowest BCUT2D eigenvalue weighted by atomic mass is 9.69. The Morgan fingerprint density at radius 2 is 1.90 bits per heavy atom. The van der Waals surface area contributed by atoms with Crippen molar-refractivity contribution in [1.29, 1.82) is 0 Å². The van der Waals surface area contributed by atoms with E-state index in [4.69, 9.17) is 5.73 Å². The zero-order valence-corrected chi connectivity index (χ0v) is 19.1. The second kappa shape index (κ2) is 8.69. The first kappa shape index (κ1) is 22.8. The third-order valence-electron chi connectivity index (χ3n) is 7.51. The molecule has 0 radical (unpaired) electrons. The first-order chi connectivity index (χ1) is 14.1. The van der Waals surface area contributed by atoms with Crippen molar-refractivity contribution in [3.63, 3.8) is 0 Å². The van der Waals surface area contributed by atoms with Gasteiger partial charge in [-0.25, -0.2) is 0 Å². The first-order valence-corrected chi connectivity index (χ1v) is 11.8. The predicted octanol–water partition coefficient (Wildman–Crippen LogP) is 4.75. The molecule has 0 aliphatic heterocycles. The fraction of sp³-hybridized carbons (Fsp3) is 0.696. The van der Waals surface area contributed by atoms with Crippen LogP contribution >= 0.6 is 11.3 Å². The molecular weight excluding hydrogens is 400 g/mol. The van der Waals surface area contributed by atoms with E-state index in [1.54, 1.807) is 0 Å². The topological polar surface area (TPSA) is 109 Å². The number of nitrogens with one attached hydrogen (secondary N) is 1. The van der Waals surface area contributed by atoms with E-state index in [2.05, 4.69) is 26.1 Å². The summed E-state index contributed by atoms with van der Waals surface area (Å²) < 4.78 is 0. The van der Waals surface area contributed by atoms with Crippen molar-refractivity contribution in [2.75, 3.05) is 5.32 Å². The molecule has 2 amide bonds. The lowest BCUT2D eigenvalue weighted by molar-refractivity contribution is -0.140. The van der Waals surface area contributed by atoms with Crippen LogP contribution in [-0.4, -0.2) is 22.9 Å². The molecule has 0 spiro atoms. The molecule has 3 rings (SSSR count). The molecular formula is C23H34N2O4S. The molecule has 7 heteroatoms. The summed E-state index contributed by atoms with van der Waals surface area (Å²) in [6.07, 6.45) is 7.41. The Morgan fingerprint density at radius 1 is 1.23 bits per heavy atom. The fourth-order valence-electron chi connectivity index (χ4n) is 5.26. The van der Waals surface area contributed by atoms with Gasteiger partial charge in [-0.15, -0.1) is 11.3 Å². The van der Waals surface area contributed by atoms with Gasteiger partial charge in [-0.05, 0) is 54.4 Å². The van der Waals surface area contributed by atoms with E-state index in [0.29, 0.717) is 16.5 Å². The molecule has 6 nitrogen and oxygen atoms in total. The standard InChI is InChI=1S/C23H34N2O4S/c1-4-22(2,3)14-7-8-15-16(11-14)30-21(19(15)20(24)29)25-17(26)12-23(13-18(27)28)9-5-6-10-23/h14H,4-13H2,1-3H3,(H2,24,29)(H,25,26)(H,27,28)/t14-/m1/s1. The van der Waals surface area contributed by atoms with E-state index in [-0.39, 0.29) is 24.2 Å². The summed E-state index contributed by atoms with van der Waals surface area (Å²) in [6, 6.07) is 0. The van der Waals surface area contributed by atoms with Crippen LogP contribution in [0.25, 0.3) is 0 Å². The molecule has 1 fully saturated rings.